The summed E-state index contributed by atoms with van der Waals surface area (Å²) in [6, 6.07) is 1.78. The van der Waals surface area contributed by atoms with E-state index in [4.69, 9.17) is 4.74 Å². The Morgan fingerprint density at radius 2 is 2.56 bits per heavy atom. The molecule has 1 aliphatic heterocycles. The van der Waals surface area contributed by atoms with Crippen LogP contribution in [0.3, 0.4) is 0 Å². The maximum Gasteiger partial charge on any atom is 0.271 e. The Kier molecular flexibility index (Phi) is 3.24. The second-order valence-electron chi connectivity index (χ2n) is 4.14. The average molecular weight is 223 g/mol. The number of ether oxygens (including phenoxy) is 1. The van der Waals surface area contributed by atoms with Gasteiger partial charge in [0.25, 0.3) is 5.91 Å². The Morgan fingerprint density at radius 3 is 3.12 bits per heavy atom. The van der Waals surface area contributed by atoms with Gasteiger partial charge in [-0.25, -0.2) is 0 Å². The average Bonchev–Trinajstić information content (AvgIpc) is 2.86. The minimum absolute atomic E-state index is 0.126. The van der Waals surface area contributed by atoms with Crippen molar-refractivity contribution in [3.63, 3.8) is 0 Å². The molecule has 1 aromatic rings. The van der Waals surface area contributed by atoms with Crippen LogP contribution in [-0.2, 0) is 11.8 Å². The lowest BCUT2D eigenvalue weighted by Gasteiger charge is -2.09. The van der Waals surface area contributed by atoms with Crippen LogP contribution in [0, 0.1) is 6.92 Å². The van der Waals surface area contributed by atoms with Gasteiger partial charge in [-0.1, -0.05) is 0 Å². The SMILES string of the molecule is Cc1cc(C(=O)NCC2CCCO2)nn1C. The van der Waals surface area contributed by atoms with Gasteiger partial charge in [0.15, 0.2) is 0 Å². The van der Waals surface area contributed by atoms with Crippen molar-refractivity contribution in [3.05, 3.63) is 17.5 Å². The molecule has 5 nitrogen and oxygen atoms in total. The van der Waals surface area contributed by atoms with Gasteiger partial charge < -0.3 is 10.1 Å². The van der Waals surface area contributed by atoms with Crippen molar-refractivity contribution in [3.8, 4) is 0 Å². The van der Waals surface area contributed by atoms with Gasteiger partial charge in [-0.3, -0.25) is 9.48 Å². The zero-order valence-electron chi connectivity index (χ0n) is 9.69. The van der Waals surface area contributed by atoms with Gasteiger partial charge in [0.2, 0.25) is 0 Å². The van der Waals surface area contributed by atoms with Crippen molar-refractivity contribution in [1.29, 1.82) is 0 Å². The van der Waals surface area contributed by atoms with E-state index < -0.39 is 0 Å². The number of nitrogens with zero attached hydrogens (tertiary/aromatic N) is 2. The monoisotopic (exact) mass is 223 g/mol. The lowest BCUT2D eigenvalue weighted by atomic mass is 10.2. The molecule has 1 N–H and O–H groups in total. The largest absolute Gasteiger partial charge is 0.376 e. The number of hydrogen-bond donors (Lipinski definition) is 1. The number of carbonyl (C=O) groups is 1. The molecule has 0 aromatic carbocycles. The molecule has 2 heterocycles. The highest BCUT2D eigenvalue weighted by Crippen LogP contribution is 2.10. The van der Waals surface area contributed by atoms with Gasteiger partial charge in [0, 0.05) is 25.9 Å². The Labute approximate surface area is 94.8 Å². The molecule has 0 bridgehead atoms. The molecule has 1 aromatic heterocycles. The third-order valence-electron chi connectivity index (χ3n) is 2.86. The van der Waals surface area contributed by atoms with Crippen LogP contribution in [0.2, 0.25) is 0 Å². The van der Waals surface area contributed by atoms with Crippen molar-refractivity contribution < 1.29 is 9.53 Å². The Morgan fingerprint density at radius 1 is 1.75 bits per heavy atom. The van der Waals surface area contributed by atoms with Crippen molar-refractivity contribution >= 4 is 5.91 Å². The first-order chi connectivity index (χ1) is 7.66. The molecule has 5 heteroatoms. The zero-order chi connectivity index (χ0) is 11.5. The van der Waals surface area contributed by atoms with Gasteiger partial charge in [-0.05, 0) is 25.8 Å². The smallest absolute Gasteiger partial charge is 0.271 e. The molecule has 2 rings (SSSR count). The van der Waals surface area contributed by atoms with Crippen molar-refractivity contribution in [2.75, 3.05) is 13.2 Å². The number of aryl methyl sites for hydroxylation is 2. The molecule has 0 saturated carbocycles. The lowest BCUT2D eigenvalue weighted by molar-refractivity contribution is 0.0853. The normalized spacial score (nSPS) is 20.0. The minimum atomic E-state index is -0.126. The van der Waals surface area contributed by atoms with Gasteiger partial charge in [-0.2, -0.15) is 5.10 Å². The molecule has 0 aliphatic carbocycles. The van der Waals surface area contributed by atoms with Crippen LogP contribution in [-0.4, -0.2) is 34.9 Å². The van der Waals surface area contributed by atoms with Crippen LogP contribution < -0.4 is 5.32 Å². The predicted molar refractivity (Wildman–Crippen MR) is 59.3 cm³/mol. The van der Waals surface area contributed by atoms with Crippen LogP contribution in [0.5, 0.6) is 0 Å². The number of aromatic nitrogens is 2. The molecular weight excluding hydrogens is 206 g/mol. The quantitative estimate of drug-likeness (QED) is 0.818. The summed E-state index contributed by atoms with van der Waals surface area (Å²) in [6.07, 6.45) is 2.29. The summed E-state index contributed by atoms with van der Waals surface area (Å²) in [7, 11) is 1.83. The summed E-state index contributed by atoms with van der Waals surface area (Å²) in [5, 5.41) is 6.96. The first kappa shape index (κ1) is 11.1. The molecule has 1 fully saturated rings. The van der Waals surface area contributed by atoms with Crippen molar-refractivity contribution in [2.24, 2.45) is 7.05 Å². The summed E-state index contributed by atoms with van der Waals surface area (Å²) >= 11 is 0. The molecule has 88 valence electrons. The molecular formula is C11H17N3O2. The maximum absolute atomic E-state index is 11.7. The maximum atomic E-state index is 11.7. The fourth-order valence-electron chi connectivity index (χ4n) is 1.77. The van der Waals surface area contributed by atoms with Crippen LogP contribution in [0.25, 0.3) is 0 Å². The fraction of sp³-hybridized carbons (Fsp3) is 0.636. The second kappa shape index (κ2) is 4.65. The van der Waals surface area contributed by atoms with Crippen LogP contribution in [0.1, 0.15) is 29.0 Å². The molecule has 1 aliphatic rings. The number of rotatable bonds is 3. The third-order valence-corrected chi connectivity index (χ3v) is 2.86. The predicted octanol–water partition coefficient (Wildman–Crippen LogP) is 0.637. The van der Waals surface area contributed by atoms with E-state index in [2.05, 4.69) is 10.4 Å². The highest BCUT2D eigenvalue weighted by atomic mass is 16.5. The molecule has 1 saturated heterocycles. The molecule has 0 radical (unpaired) electrons. The Hall–Kier alpha value is -1.36. The second-order valence-corrected chi connectivity index (χ2v) is 4.14. The van der Waals surface area contributed by atoms with Crippen molar-refractivity contribution in [1.82, 2.24) is 15.1 Å². The first-order valence-corrected chi connectivity index (χ1v) is 5.57. The number of nitrogens with one attached hydrogen (secondary N) is 1. The van der Waals surface area contributed by atoms with E-state index in [1.165, 1.54) is 0 Å². The van der Waals surface area contributed by atoms with Crippen LogP contribution >= 0.6 is 0 Å². The van der Waals surface area contributed by atoms with E-state index in [9.17, 15) is 4.79 Å². The fourth-order valence-corrected chi connectivity index (χ4v) is 1.77. The van der Waals surface area contributed by atoms with Gasteiger partial charge in [0.1, 0.15) is 5.69 Å². The van der Waals surface area contributed by atoms with Crippen LogP contribution in [0.15, 0.2) is 6.07 Å². The number of carbonyl (C=O) groups excluding carboxylic acids is 1. The van der Waals surface area contributed by atoms with E-state index >= 15 is 0 Å². The van der Waals surface area contributed by atoms with Gasteiger partial charge >= 0.3 is 0 Å². The molecule has 1 unspecified atom stereocenters. The summed E-state index contributed by atoms with van der Waals surface area (Å²) in [4.78, 5) is 11.7. The van der Waals surface area contributed by atoms with Crippen molar-refractivity contribution in [2.45, 2.75) is 25.9 Å². The van der Waals surface area contributed by atoms with Crippen LogP contribution in [0.4, 0.5) is 0 Å². The van der Waals surface area contributed by atoms with E-state index in [-0.39, 0.29) is 12.0 Å². The highest BCUT2D eigenvalue weighted by Gasteiger charge is 2.17. The van der Waals surface area contributed by atoms with E-state index in [0.717, 1.165) is 25.1 Å². The highest BCUT2D eigenvalue weighted by molar-refractivity contribution is 5.92. The summed E-state index contributed by atoms with van der Waals surface area (Å²) < 4.78 is 7.12. The van der Waals surface area contributed by atoms with Gasteiger partial charge in [0.05, 0.1) is 6.10 Å². The van der Waals surface area contributed by atoms with Gasteiger partial charge in [-0.15, -0.1) is 0 Å². The minimum Gasteiger partial charge on any atom is -0.376 e. The number of hydrogen-bond acceptors (Lipinski definition) is 3. The summed E-state index contributed by atoms with van der Waals surface area (Å²) in [6.45, 7) is 3.31. The topological polar surface area (TPSA) is 56.1 Å². The number of amides is 1. The van der Waals surface area contributed by atoms with E-state index in [1.54, 1.807) is 10.7 Å². The molecule has 1 amide bonds. The molecule has 16 heavy (non-hydrogen) atoms. The van der Waals surface area contributed by atoms with E-state index in [0.29, 0.717) is 12.2 Å². The lowest BCUT2D eigenvalue weighted by Crippen LogP contribution is -2.32. The standard InChI is InChI=1S/C11H17N3O2/c1-8-6-10(13-14(8)2)11(15)12-7-9-4-3-5-16-9/h6,9H,3-5,7H2,1-2H3,(H,12,15). The first-order valence-electron chi connectivity index (χ1n) is 5.57. The third kappa shape index (κ3) is 2.41. The Bertz CT molecular complexity index is 361. The van der Waals surface area contributed by atoms with E-state index in [1.807, 2.05) is 14.0 Å². The summed E-state index contributed by atoms with van der Waals surface area (Å²) in [5.41, 5.74) is 1.44. The Balaban J connectivity index is 1.87. The zero-order valence-corrected chi connectivity index (χ0v) is 9.69. The summed E-state index contributed by atoms with van der Waals surface area (Å²) in [5.74, 6) is -0.126. The molecule has 0 spiro atoms. The molecule has 1 atom stereocenters.